The van der Waals surface area contributed by atoms with E-state index in [0.717, 1.165) is 23.2 Å². The van der Waals surface area contributed by atoms with Crippen molar-refractivity contribution in [2.24, 2.45) is 4.99 Å². The van der Waals surface area contributed by atoms with E-state index in [9.17, 15) is 0 Å². The first-order valence-corrected chi connectivity index (χ1v) is 10.8. The van der Waals surface area contributed by atoms with Crippen molar-refractivity contribution >= 4 is 41.3 Å². The molecule has 0 fully saturated rings. The van der Waals surface area contributed by atoms with E-state index in [1.165, 1.54) is 11.1 Å². The number of hydrogen-bond acceptors (Lipinski definition) is 4. The van der Waals surface area contributed by atoms with Gasteiger partial charge in [-0.1, -0.05) is 38.1 Å². The Morgan fingerprint density at radius 2 is 1.93 bits per heavy atom. The van der Waals surface area contributed by atoms with E-state index >= 15 is 0 Å². The predicted octanol–water partition coefficient (Wildman–Crippen LogP) is 5.45. The fourth-order valence-corrected chi connectivity index (χ4v) is 3.36. The van der Waals surface area contributed by atoms with Crippen LogP contribution < -0.4 is 10.6 Å². The molecule has 0 aliphatic carbocycles. The standard InChI is InChI=1S/C22H34N4OS.HI/c1-7-23-21(25-13-20-26-19(15-28-20)16(2)3)24-12-17-9-8-10-18(11-17)14-27-22(4,5)6;/h8-11,15-16H,7,12-14H2,1-6H3,(H2,23,24,25);1H. The summed E-state index contributed by atoms with van der Waals surface area (Å²) in [4.78, 5) is 9.39. The van der Waals surface area contributed by atoms with Crippen LogP contribution >= 0.6 is 35.3 Å². The zero-order valence-corrected chi connectivity index (χ0v) is 21.6. The fourth-order valence-electron chi connectivity index (χ4n) is 2.46. The zero-order chi connectivity index (χ0) is 20.6. The maximum atomic E-state index is 5.87. The van der Waals surface area contributed by atoms with Crippen molar-refractivity contribution in [3.8, 4) is 0 Å². The van der Waals surface area contributed by atoms with Crippen LogP contribution in [0.2, 0.25) is 0 Å². The Morgan fingerprint density at radius 1 is 1.21 bits per heavy atom. The highest BCUT2D eigenvalue weighted by Gasteiger charge is 2.10. The van der Waals surface area contributed by atoms with Crippen molar-refractivity contribution in [3.05, 3.63) is 51.5 Å². The molecule has 1 aromatic heterocycles. The molecule has 29 heavy (non-hydrogen) atoms. The number of benzene rings is 1. The lowest BCUT2D eigenvalue weighted by Crippen LogP contribution is -2.36. The molecule has 1 heterocycles. The summed E-state index contributed by atoms with van der Waals surface area (Å²) in [6.45, 7) is 15.4. The van der Waals surface area contributed by atoms with Gasteiger partial charge in [0.15, 0.2) is 5.96 Å². The first kappa shape index (κ1) is 25.8. The van der Waals surface area contributed by atoms with Gasteiger partial charge in [0, 0.05) is 11.9 Å². The highest BCUT2D eigenvalue weighted by molar-refractivity contribution is 14.0. The Labute approximate surface area is 196 Å². The van der Waals surface area contributed by atoms with E-state index < -0.39 is 0 Å². The van der Waals surface area contributed by atoms with E-state index in [4.69, 9.17) is 9.73 Å². The summed E-state index contributed by atoms with van der Waals surface area (Å²) in [5.74, 6) is 1.27. The molecule has 0 aliphatic heterocycles. The molecule has 2 N–H and O–H groups in total. The van der Waals surface area contributed by atoms with Crippen LogP contribution in [0.4, 0.5) is 0 Å². The number of aliphatic imine (C=N–C) groups is 1. The molecule has 2 aromatic rings. The number of nitrogens with zero attached hydrogens (tertiary/aromatic N) is 2. The van der Waals surface area contributed by atoms with Crippen molar-refractivity contribution < 1.29 is 4.74 Å². The number of aromatic nitrogens is 1. The maximum absolute atomic E-state index is 5.87. The van der Waals surface area contributed by atoms with Gasteiger partial charge in [0.25, 0.3) is 0 Å². The van der Waals surface area contributed by atoms with Crippen LogP contribution in [0.15, 0.2) is 34.6 Å². The topological polar surface area (TPSA) is 58.5 Å². The molecule has 162 valence electrons. The first-order chi connectivity index (χ1) is 13.3. The maximum Gasteiger partial charge on any atom is 0.191 e. The van der Waals surface area contributed by atoms with Gasteiger partial charge in [-0.3, -0.25) is 0 Å². The largest absolute Gasteiger partial charge is 0.371 e. The highest BCUT2D eigenvalue weighted by Crippen LogP contribution is 2.17. The van der Waals surface area contributed by atoms with Crippen molar-refractivity contribution in [3.63, 3.8) is 0 Å². The van der Waals surface area contributed by atoms with E-state index in [-0.39, 0.29) is 29.6 Å². The van der Waals surface area contributed by atoms with Crippen LogP contribution in [0, 0.1) is 0 Å². The third kappa shape index (κ3) is 9.91. The number of nitrogens with one attached hydrogen (secondary N) is 2. The summed E-state index contributed by atoms with van der Waals surface area (Å²) in [6.07, 6.45) is 0. The van der Waals surface area contributed by atoms with E-state index in [0.29, 0.717) is 25.6 Å². The van der Waals surface area contributed by atoms with Gasteiger partial charge < -0.3 is 15.4 Å². The molecule has 0 saturated carbocycles. The molecule has 2 rings (SSSR count). The highest BCUT2D eigenvalue weighted by atomic mass is 127. The number of rotatable bonds is 8. The van der Waals surface area contributed by atoms with Gasteiger partial charge in [0.05, 0.1) is 31.0 Å². The molecule has 5 nitrogen and oxygen atoms in total. The van der Waals surface area contributed by atoms with E-state index in [2.05, 4.69) is 86.8 Å². The second kappa shape index (κ2) is 12.5. The summed E-state index contributed by atoms with van der Waals surface area (Å²) in [5.41, 5.74) is 3.35. The average Bonchev–Trinajstić information content (AvgIpc) is 3.11. The zero-order valence-electron chi connectivity index (χ0n) is 18.4. The molecule has 0 aliphatic rings. The van der Waals surface area contributed by atoms with Crippen LogP contribution in [0.1, 0.15) is 69.3 Å². The van der Waals surface area contributed by atoms with Gasteiger partial charge in [-0.15, -0.1) is 35.3 Å². The average molecular weight is 531 g/mol. The summed E-state index contributed by atoms with van der Waals surface area (Å²) in [6, 6.07) is 8.42. The Hall–Kier alpha value is -1.19. The minimum absolute atomic E-state index is 0. The van der Waals surface area contributed by atoms with Gasteiger partial charge in [-0.2, -0.15) is 0 Å². The lowest BCUT2D eigenvalue weighted by atomic mass is 10.1. The minimum atomic E-state index is -0.137. The van der Waals surface area contributed by atoms with Crippen molar-refractivity contribution in [2.45, 2.75) is 72.8 Å². The summed E-state index contributed by atoms with van der Waals surface area (Å²) < 4.78 is 5.87. The van der Waals surface area contributed by atoms with Gasteiger partial charge in [0.1, 0.15) is 5.01 Å². The predicted molar refractivity (Wildman–Crippen MR) is 134 cm³/mol. The number of thiazole rings is 1. The van der Waals surface area contributed by atoms with Crippen LogP contribution in [-0.2, 0) is 24.4 Å². The van der Waals surface area contributed by atoms with Crippen molar-refractivity contribution in [2.75, 3.05) is 6.54 Å². The molecule has 0 bridgehead atoms. The van der Waals surface area contributed by atoms with Crippen LogP contribution in [0.3, 0.4) is 0 Å². The Morgan fingerprint density at radius 3 is 2.55 bits per heavy atom. The fraction of sp³-hybridized carbons (Fsp3) is 0.545. The third-order valence-corrected chi connectivity index (χ3v) is 4.86. The molecule has 1 aromatic carbocycles. The second-order valence-electron chi connectivity index (χ2n) is 8.09. The number of halogens is 1. The number of ether oxygens (including phenoxy) is 1. The van der Waals surface area contributed by atoms with Gasteiger partial charge in [-0.05, 0) is 44.7 Å². The Kier molecular flexibility index (Phi) is 11.1. The van der Waals surface area contributed by atoms with Crippen LogP contribution in [-0.4, -0.2) is 23.1 Å². The molecular formula is C22H35IN4OS. The molecular weight excluding hydrogens is 495 g/mol. The molecule has 0 atom stereocenters. The smallest absolute Gasteiger partial charge is 0.191 e. The first-order valence-electron chi connectivity index (χ1n) is 9.95. The van der Waals surface area contributed by atoms with Crippen molar-refractivity contribution in [1.29, 1.82) is 0 Å². The molecule has 7 heteroatoms. The molecule has 0 radical (unpaired) electrons. The number of hydrogen-bond donors (Lipinski definition) is 2. The van der Waals surface area contributed by atoms with Gasteiger partial charge in [-0.25, -0.2) is 9.98 Å². The lowest BCUT2D eigenvalue weighted by molar-refractivity contribution is -0.0149. The lowest BCUT2D eigenvalue weighted by Gasteiger charge is -2.19. The molecule has 0 unspecified atom stereocenters. The van der Waals surface area contributed by atoms with Crippen LogP contribution in [0.5, 0.6) is 0 Å². The van der Waals surface area contributed by atoms with Crippen molar-refractivity contribution in [1.82, 2.24) is 15.6 Å². The third-order valence-electron chi connectivity index (χ3n) is 4.00. The van der Waals surface area contributed by atoms with Gasteiger partial charge >= 0.3 is 0 Å². The van der Waals surface area contributed by atoms with Crippen LogP contribution in [0.25, 0.3) is 0 Å². The second-order valence-corrected chi connectivity index (χ2v) is 9.03. The SMILES string of the molecule is CCNC(=NCc1cccc(COC(C)(C)C)c1)NCc1nc(C(C)C)cs1.I. The summed E-state index contributed by atoms with van der Waals surface area (Å²) >= 11 is 1.69. The Balaban J connectivity index is 0.00000420. The number of guanidine groups is 1. The van der Waals surface area contributed by atoms with E-state index in [1.807, 2.05) is 0 Å². The molecule has 0 amide bonds. The minimum Gasteiger partial charge on any atom is -0.371 e. The van der Waals surface area contributed by atoms with E-state index in [1.54, 1.807) is 11.3 Å². The monoisotopic (exact) mass is 530 g/mol. The molecule has 0 saturated heterocycles. The quantitative estimate of drug-likeness (QED) is 0.271. The summed E-state index contributed by atoms with van der Waals surface area (Å²) in [5, 5.41) is 9.90. The normalized spacial score (nSPS) is 12.0. The Bertz CT molecular complexity index is 768. The molecule has 0 spiro atoms. The van der Waals surface area contributed by atoms with Gasteiger partial charge in [0.2, 0.25) is 0 Å². The summed E-state index contributed by atoms with van der Waals surface area (Å²) in [7, 11) is 0.